The average Bonchev–Trinajstić information content (AvgIpc) is 2.29. The topological polar surface area (TPSA) is 55.1 Å². The summed E-state index contributed by atoms with van der Waals surface area (Å²) in [6.45, 7) is 4.02. The lowest BCUT2D eigenvalue weighted by molar-refractivity contribution is -0.125. The summed E-state index contributed by atoms with van der Waals surface area (Å²) in [5.74, 6) is 0.314. The monoisotopic (exact) mass is 238 g/mol. The van der Waals surface area contributed by atoms with Crippen LogP contribution in [0.15, 0.2) is 12.2 Å². The second-order valence-corrected chi connectivity index (χ2v) is 5.30. The van der Waals surface area contributed by atoms with Crippen molar-refractivity contribution in [2.75, 3.05) is 0 Å². The number of hydrogen-bond acceptors (Lipinski definition) is 2. The van der Waals surface area contributed by atoms with Crippen LogP contribution in [-0.2, 0) is 4.79 Å². The zero-order valence-electron chi connectivity index (χ0n) is 11.1. The van der Waals surface area contributed by atoms with E-state index in [0.717, 1.165) is 38.5 Å². The zero-order valence-corrected chi connectivity index (χ0v) is 11.1. The number of carbonyl (C=O) groups is 1. The molecule has 0 radical (unpaired) electrons. The lowest BCUT2D eigenvalue weighted by atomic mass is 9.98. The van der Waals surface area contributed by atoms with E-state index in [1.807, 2.05) is 13.8 Å². The van der Waals surface area contributed by atoms with Gasteiger partial charge < -0.3 is 11.1 Å². The first-order chi connectivity index (χ1) is 8.09. The standard InChI is InChI=1S/C14H26N2O/c1-11(7-6-8-12(2)15)14(17)16-13-9-4-3-5-10-13/h3-4,11-13H,5-10,15H2,1-2H3,(H,16,17). The van der Waals surface area contributed by atoms with Crippen molar-refractivity contribution < 1.29 is 4.79 Å². The molecule has 3 atom stereocenters. The average molecular weight is 238 g/mol. The van der Waals surface area contributed by atoms with Crippen LogP contribution in [-0.4, -0.2) is 18.0 Å². The molecular formula is C14H26N2O. The lowest BCUT2D eigenvalue weighted by Gasteiger charge is -2.21. The van der Waals surface area contributed by atoms with Crippen LogP contribution >= 0.6 is 0 Å². The molecule has 3 nitrogen and oxygen atoms in total. The Kier molecular flexibility index (Phi) is 6.27. The number of rotatable bonds is 6. The van der Waals surface area contributed by atoms with Gasteiger partial charge in [-0.15, -0.1) is 0 Å². The quantitative estimate of drug-likeness (QED) is 0.698. The van der Waals surface area contributed by atoms with Crippen molar-refractivity contribution in [3.05, 3.63) is 12.2 Å². The highest BCUT2D eigenvalue weighted by Crippen LogP contribution is 2.13. The fourth-order valence-corrected chi connectivity index (χ4v) is 2.15. The molecule has 0 fully saturated rings. The van der Waals surface area contributed by atoms with Gasteiger partial charge in [0, 0.05) is 18.0 Å². The molecule has 0 saturated heterocycles. The molecule has 98 valence electrons. The lowest BCUT2D eigenvalue weighted by Crippen LogP contribution is -2.38. The Bertz CT molecular complexity index is 261. The van der Waals surface area contributed by atoms with Gasteiger partial charge in [-0.2, -0.15) is 0 Å². The zero-order chi connectivity index (χ0) is 12.7. The van der Waals surface area contributed by atoms with Crippen LogP contribution in [0, 0.1) is 5.92 Å². The van der Waals surface area contributed by atoms with Crippen molar-refractivity contribution in [3.63, 3.8) is 0 Å². The van der Waals surface area contributed by atoms with Crippen molar-refractivity contribution in [1.82, 2.24) is 5.32 Å². The Hall–Kier alpha value is -0.830. The van der Waals surface area contributed by atoms with Gasteiger partial charge in [0.15, 0.2) is 0 Å². The number of amides is 1. The Morgan fingerprint density at radius 1 is 1.41 bits per heavy atom. The van der Waals surface area contributed by atoms with E-state index in [4.69, 9.17) is 5.73 Å². The van der Waals surface area contributed by atoms with Crippen LogP contribution in [0.4, 0.5) is 0 Å². The van der Waals surface area contributed by atoms with E-state index in [-0.39, 0.29) is 17.9 Å². The smallest absolute Gasteiger partial charge is 0.223 e. The molecule has 0 saturated carbocycles. The summed E-state index contributed by atoms with van der Waals surface area (Å²) in [7, 11) is 0. The summed E-state index contributed by atoms with van der Waals surface area (Å²) in [4.78, 5) is 11.9. The van der Waals surface area contributed by atoms with Crippen LogP contribution in [0.3, 0.4) is 0 Å². The number of carbonyl (C=O) groups excluding carboxylic acids is 1. The van der Waals surface area contributed by atoms with Crippen LogP contribution in [0.1, 0.15) is 52.4 Å². The normalized spacial score (nSPS) is 23.1. The van der Waals surface area contributed by atoms with E-state index in [1.165, 1.54) is 0 Å². The Balaban J connectivity index is 2.19. The first-order valence-corrected chi connectivity index (χ1v) is 6.80. The van der Waals surface area contributed by atoms with Gasteiger partial charge in [0.2, 0.25) is 5.91 Å². The summed E-state index contributed by atoms with van der Waals surface area (Å²) >= 11 is 0. The fraction of sp³-hybridized carbons (Fsp3) is 0.786. The van der Waals surface area contributed by atoms with Gasteiger partial charge in [0.05, 0.1) is 0 Å². The Labute approximate surface area is 105 Å². The minimum atomic E-state index is 0.111. The van der Waals surface area contributed by atoms with Gasteiger partial charge in [0.25, 0.3) is 0 Å². The van der Waals surface area contributed by atoms with Gasteiger partial charge in [-0.3, -0.25) is 4.79 Å². The minimum Gasteiger partial charge on any atom is -0.353 e. The molecule has 0 aliphatic heterocycles. The minimum absolute atomic E-state index is 0.111. The summed E-state index contributed by atoms with van der Waals surface area (Å²) in [6, 6.07) is 0.595. The van der Waals surface area contributed by atoms with Crippen molar-refractivity contribution in [2.45, 2.75) is 64.5 Å². The maximum absolute atomic E-state index is 11.9. The van der Waals surface area contributed by atoms with Gasteiger partial charge >= 0.3 is 0 Å². The van der Waals surface area contributed by atoms with Crippen molar-refractivity contribution in [3.8, 4) is 0 Å². The molecule has 3 unspecified atom stereocenters. The van der Waals surface area contributed by atoms with Crippen molar-refractivity contribution in [2.24, 2.45) is 11.7 Å². The van der Waals surface area contributed by atoms with E-state index in [2.05, 4.69) is 17.5 Å². The molecule has 0 bridgehead atoms. The second-order valence-electron chi connectivity index (χ2n) is 5.30. The molecule has 3 N–H and O–H groups in total. The first-order valence-electron chi connectivity index (χ1n) is 6.80. The van der Waals surface area contributed by atoms with E-state index in [0.29, 0.717) is 6.04 Å². The number of hydrogen-bond donors (Lipinski definition) is 2. The highest BCUT2D eigenvalue weighted by molar-refractivity contribution is 5.78. The maximum Gasteiger partial charge on any atom is 0.223 e. The highest BCUT2D eigenvalue weighted by Gasteiger charge is 2.17. The Morgan fingerprint density at radius 3 is 2.76 bits per heavy atom. The molecule has 1 rings (SSSR count). The van der Waals surface area contributed by atoms with Crippen LogP contribution in [0.2, 0.25) is 0 Å². The molecule has 1 aliphatic rings. The summed E-state index contributed by atoms with van der Waals surface area (Å²) in [6.07, 6.45) is 10.5. The molecule has 0 aromatic heterocycles. The third-order valence-electron chi connectivity index (χ3n) is 3.36. The number of allylic oxidation sites excluding steroid dienone is 1. The Morgan fingerprint density at radius 2 is 2.18 bits per heavy atom. The van der Waals surface area contributed by atoms with E-state index >= 15 is 0 Å². The van der Waals surface area contributed by atoms with Crippen LogP contribution in [0.5, 0.6) is 0 Å². The predicted molar refractivity (Wildman–Crippen MR) is 71.6 cm³/mol. The molecule has 0 heterocycles. The molecule has 17 heavy (non-hydrogen) atoms. The van der Waals surface area contributed by atoms with Crippen LogP contribution < -0.4 is 11.1 Å². The second kappa shape index (κ2) is 7.49. The van der Waals surface area contributed by atoms with E-state index < -0.39 is 0 Å². The summed E-state index contributed by atoms with van der Waals surface area (Å²) < 4.78 is 0. The van der Waals surface area contributed by atoms with Crippen LogP contribution in [0.25, 0.3) is 0 Å². The number of nitrogens with one attached hydrogen (secondary N) is 1. The first kappa shape index (κ1) is 14.2. The molecule has 1 amide bonds. The summed E-state index contributed by atoms with van der Waals surface area (Å²) in [5, 5.41) is 3.14. The van der Waals surface area contributed by atoms with Gasteiger partial charge in [-0.25, -0.2) is 0 Å². The number of nitrogens with two attached hydrogens (primary N) is 1. The summed E-state index contributed by atoms with van der Waals surface area (Å²) in [5.41, 5.74) is 5.70. The fourth-order valence-electron chi connectivity index (χ4n) is 2.15. The third-order valence-corrected chi connectivity index (χ3v) is 3.36. The predicted octanol–water partition coefficient (Wildman–Crippen LogP) is 2.36. The third kappa shape index (κ3) is 5.87. The van der Waals surface area contributed by atoms with Gasteiger partial charge in [-0.1, -0.05) is 25.5 Å². The SMILES string of the molecule is CC(N)CCCC(C)C(=O)NC1CC=CCC1. The van der Waals surface area contributed by atoms with Crippen molar-refractivity contribution >= 4 is 5.91 Å². The molecule has 3 heteroatoms. The molecular weight excluding hydrogens is 212 g/mol. The largest absolute Gasteiger partial charge is 0.353 e. The van der Waals surface area contributed by atoms with Gasteiger partial charge in [-0.05, 0) is 39.0 Å². The van der Waals surface area contributed by atoms with Crippen molar-refractivity contribution in [1.29, 1.82) is 0 Å². The highest BCUT2D eigenvalue weighted by atomic mass is 16.1. The van der Waals surface area contributed by atoms with E-state index in [1.54, 1.807) is 0 Å². The van der Waals surface area contributed by atoms with Gasteiger partial charge in [0.1, 0.15) is 0 Å². The van der Waals surface area contributed by atoms with E-state index in [9.17, 15) is 4.79 Å². The molecule has 0 spiro atoms. The molecule has 0 aromatic carbocycles. The maximum atomic E-state index is 11.9. The molecule has 1 aliphatic carbocycles. The molecule has 0 aromatic rings.